The van der Waals surface area contributed by atoms with Gasteiger partial charge in [-0.25, -0.2) is 4.79 Å². The quantitative estimate of drug-likeness (QED) is 0.391. The van der Waals surface area contributed by atoms with Crippen LogP contribution in [-0.2, 0) is 14.1 Å². The van der Waals surface area contributed by atoms with Crippen molar-refractivity contribution in [2.45, 2.75) is 19.2 Å². The molecule has 0 aliphatic carbocycles. The van der Waals surface area contributed by atoms with E-state index >= 15 is 0 Å². The summed E-state index contributed by atoms with van der Waals surface area (Å²) >= 11 is 0. The van der Waals surface area contributed by atoms with Gasteiger partial charge >= 0.3 is 13.6 Å². The van der Waals surface area contributed by atoms with Crippen molar-refractivity contribution >= 4 is 13.6 Å². The largest absolute Gasteiger partial charge is 0.444 e. The normalized spacial score (nSPS) is 12.3. The molecule has 0 aromatic carbocycles. The lowest BCUT2D eigenvalue weighted by Gasteiger charge is -2.24. The van der Waals surface area contributed by atoms with Crippen molar-refractivity contribution in [2.75, 3.05) is 0 Å². The van der Waals surface area contributed by atoms with Crippen LogP contribution in [0.2, 0.25) is 0 Å². The number of carbonyl (C=O) groups is 1. The van der Waals surface area contributed by atoms with E-state index in [4.69, 9.17) is 9.79 Å². The van der Waals surface area contributed by atoms with Crippen LogP contribution in [0.25, 0.3) is 0 Å². The molecule has 0 radical (unpaired) electrons. The van der Waals surface area contributed by atoms with Crippen molar-refractivity contribution in [3.8, 4) is 0 Å². The molecule has 0 atom stereocenters. The highest BCUT2D eigenvalue weighted by molar-refractivity contribution is 7.53. The molecule has 5 nitrogen and oxygen atoms in total. The van der Waals surface area contributed by atoms with Gasteiger partial charge in [-0.2, -0.15) is 0 Å². The molecule has 2 N–H and O–H groups in total. The highest BCUT2D eigenvalue weighted by Gasteiger charge is 2.41. The van der Waals surface area contributed by atoms with Crippen molar-refractivity contribution in [1.82, 2.24) is 0 Å². The predicted molar refractivity (Wildman–Crippen MR) is 42.4 cm³/mol. The predicted octanol–water partition coefficient (Wildman–Crippen LogP) is 0.629. The van der Waals surface area contributed by atoms with E-state index in [1.54, 1.807) is 0 Å². The summed E-state index contributed by atoms with van der Waals surface area (Å²) in [6, 6.07) is 0. The molecule has 0 amide bonds. The number of hydrogen-bond donors (Lipinski definition) is 2. The van der Waals surface area contributed by atoms with Crippen molar-refractivity contribution in [3.05, 3.63) is 12.7 Å². The third kappa shape index (κ3) is 2.77. The van der Waals surface area contributed by atoms with Crippen LogP contribution in [0.3, 0.4) is 0 Å². The van der Waals surface area contributed by atoms with Gasteiger partial charge in [-0.05, 0) is 13.8 Å². The molecule has 0 bridgehead atoms. The van der Waals surface area contributed by atoms with Crippen molar-refractivity contribution in [1.29, 1.82) is 0 Å². The molecule has 0 rings (SSSR count). The fourth-order valence-corrected chi connectivity index (χ4v) is 0.556. The Morgan fingerprint density at radius 3 is 2.25 bits per heavy atom. The van der Waals surface area contributed by atoms with E-state index in [-0.39, 0.29) is 0 Å². The fraction of sp³-hybridized carbons (Fsp3) is 0.500. The third-order valence-corrected chi connectivity index (χ3v) is 2.71. The molecule has 0 aromatic heterocycles. The summed E-state index contributed by atoms with van der Waals surface area (Å²) in [5.41, 5.74) is 0. The van der Waals surface area contributed by atoms with Gasteiger partial charge in [-0.15, -0.1) is 0 Å². The zero-order chi connectivity index (χ0) is 9.99. The number of rotatable bonds is 3. The second-order valence-corrected chi connectivity index (χ2v) is 4.78. The zero-order valence-corrected chi connectivity index (χ0v) is 7.75. The number of carbonyl (C=O) groups excluding carboxylic acids is 1. The molecule has 6 heteroatoms. The highest BCUT2D eigenvalue weighted by atomic mass is 31.2. The Labute approximate surface area is 70.2 Å². The minimum Gasteiger partial charge on any atom is -0.444 e. The minimum absolute atomic E-state index is 0.845. The Morgan fingerprint density at radius 2 is 2.00 bits per heavy atom. The molecular formula is C6H11O5P. The second kappa shape index (κ2) is 3.39. The first-order valence-electron chi connectivity index (χ1n) is 3.12. The molecule has 0 unspecified atom stereocenters. The smallest absolute Gasteiger partial charge is 0.368 e. The first kappa shape index (κ1) is 11.4. The van der Waals surface area contributed by atoms with Crippen LogP contribution < -0.4 is 0 Å². The van der Waals surface area contributed by atoms with Crippen LogP contribution >= 0.6 is 7.60 Å². The van der Waals surface area contributed by atoms with E-state index in [0.717, 1.165) is 19.9 Å². The van der Waals surface area contributed by atoms with E-state index in [2.05, 4.69) is 11.3 Å². The molecular weight excluding hydrogens is 183 g/mol. The van der Waals surface area contributed by atoms with Crippen molar-refractivity contribution < 1.29 is 23.9 Å². The van der Waals surface area contributed by atoms with Gasteiger partial charge in [-0.3, -0.25) is 4.57 Å². The summed E-state index contributed by atoms with van der Waals surface area (Å²) < 4.78 is 15.1. The van der Waals surface area contributed by atoms with Crippen molar-refractivity contribution in [3.63, 3.8) is 0 Å². The average Bonchev–Trinajstić information content (AvgIpc) is 1.84. The van der Waals surface area contributed by atoms with Crippen LogP contribution in [0, 0.1) is 0 Å². The molecule has 0 spiro atoms. The van der Waals surface area contributed by atoms with Gasteiger partial charge in [0.05, 0.1) is 0 Å². The topological polar surface area (TPSA) is 83.8 Å². The Balaban J connectivity index is 4.54. The number of ether oxygens (including phenoxy) is 1. The lowest BCUT2D eigenvalue weighted by molar-refractivity contribution is -0.145. The Kier molecular flexibility index (Phi) is 3.21. The summed E-state index contributed by atoms with van der Waals surface area (Å²) in [6.45, 7) is 5.37. The number of esters is 1. The van der Waals surface area contributed by atoms with Gasteiger partial charge in [0, 0.05) is 6.08 Å². The molecule has 0 saturated carbocycles. The van der Waals surface area contributed by atoms with Crippen molar-refractivity contribution in [2.24, 2.45) is 0 Å². The maximum atomic E-state index is 10.7. The van der Waals surface area contributed by atoms with E-state index < -0.39 is 18.9 Å². The summed E-state index contributed by atoms with van der Waals surface area (Å²) in [5.74, 6) is -0.858. The van der Waals surface area contributed by atoms with Gasteiger partial charge < -0.3 is 14.5 Å². The van der Waals surface area contributed by atoms with Gasteiger partial charge in [0.25, 0.3) is 0 Å². The molecule has 0 aliphatic heterocycles. The molecule has 0 heterocycles. The number of hydrogen-bond acceptors (Lipinski definition) is 3. The molecule has 0 saturated heterocycles. The lowest BCUT2D eigenvalue weighted by atomic mass is 10.4. The lowest BCUT2D eigenvalue weighted by Crippen LogP contribution is -2.26. The fourth-order valence-electron chi connectivity index (χ4n) is 0.347. The Morgan fingerprint density at radius 1 is 1.58 bits per heavy atom. The van der Waals surface area contributed by atoms with Crippen LogP contribution in [-0.4, -0.2) is 21.1 Å². The second-order valence-electron chi connectivity index (χ2n) is 2.62. The SMILES string of the molecule is C=CC(=O)OC(C)(C)P(=O)(O)O. The van der Waals surface area contributed by atoms with Gasteiger partial charge in [-0.1, -0.05) is 6.58 Å². The molecule has 0 aliphatic rings. The zero-order valence-electron chi connectivity index (χ0n) is 6.85. The highest BCUT2D eigenvalue weighted by Crippen LogP contribution is 2.50. The van der Waals surface area contributed by atoms with E-state index in [1.807, 2.05) is 0 Å². The summed E-state index contributed by atoms with van der Waals surface area (Å²) in [6.07, 6.45) is 0.845. The van der Waals surface area contributed by atoms with Crippen LogP contribution in [0.15, 0.2) is 12.7 Å². The Bertz CT molecular complexity index is 238. The summed E-state index contributed by atoms with van der Waals surface area (Å²) in [5, 5.41) is -1.79. The molecule has 0 fully saturated rings. The van der Waals surface area contributed by atoms with Gasteiger partial charge in [0.15, 0.2) is 0 Å². The minimum atomic E-state index is -4.43. The van der Waals surface area contributed by atoms with Gasteiger partial charge in [0.2, 0.25) is 5.34 Å². The maximum absolute atomic E-state index is 10.7. The Hall–Kier alpha value is -0.640. The summed E-state index contributed by atoms with van der Waals surface area (Å²) in [4.78, 5) is 28.0. The van der Waals surface area contributed by atoms with Crippen LogP contribution in [0.4, 0.5) is 0 Å². The average molecular weight is 194 g/mol. The monoisotopic (exact) mass is 194 g/mol. The molecule has 70 valence electrons. The van der Waals surface area contributed by atoms with Gasteiger partial charge in [0.1, 0.15) is 0 Å². The van der Waals surface area contributed by atoms with E-state index in [1.165, 1.54) is 0 Å². The van der Waals surface area contributed by atoms with E-state index in [9.17, 15) is 9.36 Å². The standard InChI is InChI=1S/C6H11O5P/c1-4-5(7)11-6(2,3)12(8,9)10/h4H,1H2,2-3H3,(H2,8,9,10). The molecule has 12 heavy (non-hydrogen) atoms. The molecule has 0 aromatic rings. The first-order valence-corrected chi connectivity index (χ1v) is 4.73. The van der Waals surface area contributed by atoms with Crippen LogP contribution in [0.1, 0.15) is 13.8 Å². The first-order chi connectivity index (χ1) is 5.20. The summed E-state index contributed by atoms with van der Waals surface area (Å²) in [7, 11) is -4.43. The maximum Gasteiger partial charge on any atom is 0.368 e. The van der Waals surface area contributed by atoms with Crippen LogP contribution in [0.5, 0.6) is 0 Å². The third-order valence-electron chi connectivity index (χ3n) is 1.22. The van der Waals surface area contributed by atoms with E-state index in [0.29, 0.717) is 0 Å².